The number of hydrogen-bond donors (Lipinski definition) is 3. The number of sulfonamides is 1. The number of anilines is 2. The van der Waals surface area contributed by atoms with Gasteiger partial charge in [-0.15, -0.1) is 0 Å². The average molecular weight is 624 g/mol. The Labute approximate surface area is 243 Å². The lowest BCUT2D eigenvalue weighted by molar-refractivity contribution is 0.171. The number of nitrogens with zero attached hydrogens (tertiary/aromatic N) is 4. The Morgan fingerprint density at radius 1 is 1.07 bits per heavy atom. The first kappa shape index (κ1) is 30.8. The molecule has 16 heteroatoms. The summed E-state index contributed by atoms with van der Waals surface area (Å²) in [6.45, 7) is 6.29. The van der Waals surface area contributed by atoms with Crippen LogP contribution in [0.25, 0.3) is 4.19 Å². The van der Waals surface area contributed by atoms with Gasteiger partial charge in [0.1, 0.15) is 23.0 Å². The van der Waals surface area contributed by atoms with Crippen molar-refractivity contribution in [3.05, 3.63) is 81.6 Å². The number of halogens is 3. The van der Waals surface area contributed by atoms with Crippen LogP contribution in [0.15, 0.2) is 58.0 Å². The topological polar surface area (TPSA) is 139 Å². The van der Waals surface area contributed by atoms with Gasteiger partial charge >= 0.3 is 12.1 Å². The molecule has 0 saturated heterocycles. The van der Waals surface area contributed by atoms with Gasteiger partial charge in [0.05, 0.1) is 12.8 Å². The maximum atomic E-state index is 15.9. The minimum Gasteiger partial charge on any atom is -0.453 e. The van der Waals surface area contributed by atoms with Crippen LogP contribution in [-0.2, 0) is 25.5 Å². The smallest absolute Gasteiger partial charge is 0.406 e. The number of rotatable bonds is 9. The summed E-state index contributed by atoms with van der Waals surface area (Å²) >= 11 is 0. The van der Waals surface area contributed by atoms with Crippen molar-refractivity contribution >= 4 is 44.2 Å². The molecule has 224 valence electrons. The first-order chi connectivity index (χ1) is 19.8. The van der Waals surface area contributed by atoms with Crippen molar-refractivity contribution < 1.29 is 31.1 Å². The largest absolute Gasteiger partial charge is 0.453 e. The summed E-state index contributed by atoms with van der Waals surface area (Å²) in [6, 6.07) is 7.30. The number of methoxy groups -OCH3 is 1. The molecule has 0 saturated carbocycles. The Balaban J connectivity index is 1.68. The van der Waals surface area contributed by atoms with E-state index in [9.17, 15) is 22.0 Å². The molecule has 1 aromatic heterocycles. The molecule has 0 bridgehead atoms. The van der Waals surface area contributed by atoms with Crippen LogP contribution >= 0.6 is 0 Å². The summed E-state index contributed by atoms with van der Waals surface area (Å²) < 4.78 is 85.6. The van der Waals surface area contributed by atoms with E-state index in [1.54, 1.807) is 6.07 Å². The fourth-order valence-electron chi connectivity index (χ4n) is 3.77. The molecule has 0 aliphatic carbocycles. The van der Waals surface area contributed by atoms with Gasteiger partial charge < -0.3 is 19.8 Å². The molecule has 1 aliphatic heterocycles. The zero-order valence-electron chi connectivity index (χ0n) is 23.0. The van der Waals surface area contributed by atoms with Crippen molar-refractivity contribution in [2.45, 2.75) is 36.5 Å². The fourth-order valence-corrected chi connectivity index (χ4v) is 6.39. The predicted molar refractivity (Wildman–Crippen MR) is 154 cm³/mol. The van der Waals surface area contributed by atoms with Crippen LogP contribution < -0.4 is 15.4 Å². The molecule has 0 spiro atoms. The summed E-state index contributed by atoms with van der Waals surface area (Å²) in [6.07, 6.45) is 0.903. The number of nitrogens with one attached hydrogen (secondary N) is 3. The maximum Gasteiger partial charge on any atom is 0.406 e. The lowest BCUT2D eigenvalue weighted by Crippen LogP contribution is -2.28. The van der Waals surface area contributed by atoms with E-state index in [1.807, 2.05) is 25.5 Å². The van der Waals surface area contributed by atoms with Crippen molar-refractivity contribution in [3.8, 4) is 0 Å². The number of alkyl carbamates (subject to hydrolysis) is 1. The monoisotopic (exact) mass is 623 g/mol. The van der Waals surface area contributed by atoms with Crippen LogP contribution in [-0.4, -0.2) is 55.1 Å². The fraction of sp³-hybridized carbons (Fsp3) is 0.308. The molecular weight excluding hydrogens is 595 g/mol. The summed E-state index contributed by atoms with van der Waals surface area (Å²) in [7, 11) is -4.50. The van der Waals surface area contributed by atoms with E-state index in [1.165, 1.54) is 25.4 Å². The van der Waals surface area contributed by atoms with E-state index in [2.05, 4.69) is 25.3 Å². The normalized spacial score (nSPS) is 15.3. The molecule has 1 aliphatic rings. The van der Waals surface area contributed by atoms with E-state index in [4.69, 9.17) is 8.59 Å². The van der Waals surface area contributed by atoms with E-state index in [0.717, 1.165) is 24.3 Å². The molecule has 3 N–H and O–H groups in total. The van der Waals surface area contributed by atoms with Gasteiger partial charge in [0.2, 0.25) is 5.95 Å². The molecule has 2 aromatic carbocycles. The van der Waals surface area contributed by atoms with Crippen molar-refractivity contribution in [1.29, 1.82) is 0 Å². The van der Waals surface area contributed by atoms with Crippen LogP contribution in [0.3, 0.4) is 0 Å². The number of hydrogen-bond acceptors (Lipinski definition) is 9. The molecule has 4 rings (SSSR count). The highest BCUT2D eigenvalue weighted by Crippen LogP contribution is 2.34. The molecular formula is C26H28F3N7O4S2. The SMILES string of the molecule is COC(=O)NCCNc1nccc(C2[N+]#[S-](C(C)(C)C)N=C2c2cccc(NS(=O)(=O)c3c(F)cccc3F)c2F)n1. The van der Waals surface area contributed by atoms with Gasteiger partial charge in [-0.1, -0.05) is 32.9 Å². The van der Waals surface area contributed by atoms with Gasteiger partial charge in [0.15, 0.2) is 10.7 Å². The van der Waals surface area contributed by atoms with Crippen LogP contribution in [0.4, 0.5) is 29.6 Å². The van der Waals surface area contributed by atoms with E-state index in [0.29, 0.717) is 5.69 Å². The number of amides is 1. The Morgan fingerprint density at radius 2 is 1.76 bits per heavy atom. The molecule has 1 unspecified atom stereocenters. The zero-order chi connectivity index (χ0) is 30.7. The van der Waals surface area contributed by atoms with Crippen LogP contribution in [0.1, 0.15) is 38.1 Å². The van der Waals surface area contributed by atoms with Crippen molar-refractivity contribution in [3.63, 3.8) is 0 Å². The van der Waals surface area contributed by atoms with Gasteiger partial charge in [0.25, 0.3) is 10.0 Å². The Bertz CT molecular complexity index is 1730. The van der Waals surface area contributed by atoms with Gasteiger partial charge in [-0.3, -0.25) is 4.72 Å². The highest BCUT2D eigenvalue weighted by molar-refractivity contribution is 7.92. The minimum atomic E-state index is -4.83. The summed E-state index contributed by atoms with van der Waals surface area (Å²) in [5.74, 6) is -3.41. The Kier molecular flexibility index (Phi) is 9.09. The Morgan fingerprint density at radius 3 is 2.43 bits per heavy atom. The molecule has 1 atom stereocenters. The molecule has 0 radical (unpaired) electrons. The molecule has 0 fully saturated rings. The molecule has 42 heavy (non-hydrogen) atoms. The first-order valence-electron chi connectivity index (χ1n) is 12.5. The predicted octanol–water partition coefficient (Wildman–Crippen LogP) is 4.63. The number of carbonyl (C=O) groups excluding carboxylic acids is 1. The number of carbonyl (C=O) groups is 1. The maximum absolute atomic E-state index is 15.9. The highest BCUT2D eigenvalue weighted by Gasteiger charge is 2.35. The molecule has 3 aromatic rings. The summed E-state index contributed by atoms with van der Waals surface area (Å²) in [5, 5.41) is 5.49. The van der Waals surface area contributed by atoms with Crippen molar-refractivity contribution in [2.24, 2.45) is 4.40 Å². The zero-order valence-corrected chi connectivity index (χ0v) is 24.6. The van der Waals surface area contributed by atoms with E-state index >= 15 is 4.39 Å². The third-order valence-corrected chi connectivity index (χ3v) is 9.02. The Hall–Kier alpha value is -4.14. The molecule has 2 heterocycles. The van der Waals surface area contributed by atoms with Crippen LogP contribution in [0.2, 0.25) is 0 Å². The number of ether oxygens (including phenoxy) is 1. The quantitative estimate of drug-likeness (QED) is 0.233. The second-order valence-corrected chi connectivity index (χ2v) is 13.6. The lowest BCUT2D eigenvalue weighted by atomic mass is 10.00. The van der Waals surface area contributed by atoms with Crippen molar-refractivity contribution in [1.82, 2.24) is 15.3 Å². The van der Waals surface area contributed by atoms with E-state index < -0.39 is 65.6 Å². The lowest BCUT2D eigenvalue weighted by Gasteiger charge is -2.19. The van der Waals surface area contributed by atoms with Gasteiger partial charge in [0, 0.05) is 24.8 Å². The highest BCUT2D eigenvalue weighted by atomic mass is 32.2. The standard InChI is InChI=1S/C26H28F3N7O4S2/c1-26(2,3)41-34-21(22(35-41)19-11-12-30-24(33-19)31-13-14-32-25(37)40-4)15-7-5-10-18(20(15)29)36-42(38,39)23-16(27)8-6-9-17(23)28/h5-12,22,36H,13-14H2,1-4H3,(H,32,37)(H,30,31,33). The van der Waals surface area contributed by atoms with Gasteiger partial charge in [-0.2, -0.15) is 0 Å². The number of benzene rings is 2. The second kappa shape index (κ2) is 12.4. The third kappa shape index (κ3) is 6.83. The number of aromatic nitrogens is 2. The summed E-state index contributed by atoms with van der Waals surface area (Å²) in [4.78, 5) is 18.7. The first-order valence-corrected chi connectivity index (χ1v) is 15.1. The van der Waals surface area contributed by atoms with Crippen LogP contribution in [0.5, 0.6) is 0 Å². The minimum absolute atomic E-state index is 0.0624. The van der Waals surface area contributed by atoms with Crippen molar-refractivity contribution in [2.75, 3.05) is 30.2 Å². The average Bonchev–Trinajstić information content (AvgIpc) is 3.38. The van der Waals surface area contributed by atoms with E-state index in [-0.39, 0.29) is 30.3 Å². The second-order valence-electron chi connectivity index (χ2n) is 9.83. The van der Waals surface area contributed by atoms with Crippen LogP contribution in [0, 0.1) is 17.5 Å². The van der Waals surface area contributed by atoms with Gasteiger partial charge in [-0.05, 0) is 45.8 Å². The van der Waals surface area contributed by atoms with Gasteiger partial charge in [-0.25, -0.2) is 40.5 Å². The third-order valence-electron chi connectivity index (χ3n) is 5.72. The molecule has 1 amide bonds. The summed E-state index contributed by atoms with van der Waals surface area (Å²) in [5.41, 5.74) is 0.000948. The molecule has 11 nitrogen and oxygen atoms in total.